The minimum absolute atomic E-state index is 0.159. The van der Waals surface area contributed by atoms with Gasteiger partial charge in [-0.05, 0) is 55.5 Å². The summed E-state index contributed by atoms with van der Waals surface area (Å²) in [5.41, 5.74) is 1.77. The normalized spacial score (nSPS) is 10.9. The summed E-state index contributed by atoms with van der Waals surface area (Å²) in [5, 5.41) is 5.39. The number of benzene rings is 3. The number of nitrogens with one attached hydrogen (secondary N) is 2. The van der Waals surface area contributed by atoms with Gasteiger partial charge in [0, 0.05) is 17.9 Å². The maximum absolute atomic E-state index is 13.0. The van der Waals surface area contributed by atoms with Gasteiger partial charge in [-0.15, -0.1) is 0 Å². The summed E-state index contributed by atoms with van der Waals surface area (Å²) in [6.45, 7) is 2.10. The van der Waals surface area contributed by atoms with E-state index in [9.17, 15) is 13.2 Å². The van der Waals surface area contributed by atoms with Gasteiger partial charge in [0.1, 0.15) is 0 Å². The smallest absolute Gasteiger partial charge is 0.308 e. The number of carbonyl (C=O) groups is 1. The Balaban J connectivity index is 1.73. The zero-order valence-electron chi connectivity index (χ0n) is 15.4. The topological polar surface area (TPSA) is 78.5 Å². The van der Waals surface area contributed by atoms with E-state index in [1.165, 1.54) is 16.4 Å². The average molecular weight is 395 g/mol. The summed E-state index contributed by atoms with van der Waals surface area (Å²) in [5.74, 6) is 0. The van der Waals surface area contributed by atoms with Crippen molar-refractivity contribution in [3.8, 4) is 0 Å². The molecule has 0 radical (unpaired) electrons. The van der Waals surface area contributed by atoms with Crippen LogP contribution in [0.4, 0.5) is 21.9 Å². The number of sulfonamides is 1. The molecular formula is C21H21N3O3S. The van der Waals surface area contributed by atoms with Gasteiger partial charge in [-0.25, -0.2) is 13.2 Å². The van der Waals surface area contributed by atoms with Crippen molar-refractivity contribution in [1.29, 1.82) is 0 Å². The standard InChI is InChI=1S/C21H21N3O3S/c1-2-24(19-11-7-4-8-12-19)28(26,27)20-15-13-18(14-16-20)23-21(25)22-17-9-5-3-6-10-17/h3-16H,2H2,1H3,(H2,22,23,25). The Morgan fingerprint density at radius 1 is 0.786 bits per heavy atom. The van der Waals surface area contributed by atoms with Crippen LogP contribution in [0.1, 0.15) is 6.92 Å². The first kappa shape index (κ1) is 19.4. The van der Waals surface area contributed by atoms with Crippen molar-refractivity contribution in [1.82, 2.24) is 0 Å². The predicted molar refractivity (Wildman–Crippen MR) is 112 cm³/mol. The van der Waals surface area contributed by atoms with Crippen LogP contribution in [-0.2, 0) is 10.0 Å². The lowest BCUT2D eigenvalue weighted by molar-refractivity contribution is 0.262. The van der Waals surface area contributed by atoms with Crippen LogP contribution in [0, 0.1) is 0 Å². The molecule has 6 nitrogen and oxygen atoms in total. The molecule has 0 heterocycles. The van der Waals surface area contributed by atoms with Crippen LogP contribution < -0.4 is 14.9 Å². The lowest BCUT2D eigenvalue weighted by Gasteiger charge is -2.23. The lowest BCUT2D eigenvalue weighted by atomic mass is 10.3. The fourth-order valence-corrected chi connectivity index (χ4v) is 4.21. The molecule has 0 aromatic heterocycles. The first-order valence-electron chi connectivity index (χ1n) is 8.81. The molecule has 144 valence electrons. The molecule has 28 heavy (non-hydrogen) atoms. The minimum atomic E-state index is -3.69. The second kappa shape index (κ2) is 8.58. The maximum Gasteiger partial charge on any atom is 0.323 e. The van der Waals surface area contributed by atoms with Gasteiger partial charge in [-0.3, -0.25) is 4.31 Å². The van der Waals surface area contributed by atoms with E-state index in [1.54, 1.807) is 55.5 Å². The number of amides is 2. The van der Waals surface area contributed by atoms with E-state index in [0.717, 1.165) is 0 Å². The summed E-state index contributed by atoms with van der Waals surface area (Å²) >= 11 is 0. The van der Waals surface area contributed by atoms with Crippen molar-refractivity contribution in [3.05, 3.63) is 84.9 Å². The van der Waals surface area contributed by atoms with Crippen LogP contribution >= 0.6 is 0 Å². The molecular weight excluding hydrogens is 374 g/mol. The van der Waals surface area contributed by atoms with E-state index in [2.05, 4.69) is 10.6 Å². The van der Waals surface area contributed by atoms with Crippen LogP contribution in [0.15, 0.2) is 89.8 Å². The quantitative estimate of drug-likeness (QED) is 0.643. The van der Waals surface area contributed by atoms with Gasteiger partial charge >= 0.3 is 6.03 Å². The highest BCUT2D eigenvalue weighted by molar-refractivity contribution is 7.92. The number of rotatable bonds is 6. The highest BCUT2D eigenvalue weighted by atomic mass is 32.2. The highest BCUT2D eigenvalue weighted by Crippen LogP contribution is 2.24. The SMILES string of the molecule is CCN(c1ccccc1)S(=O)(=O)c1ccc(NC(=O)Nc2ccccc2)cc1. The van der Waals surface area contributed by atoms with Crippen molar-refractivity contribution in [3.63, 3.8) is 0 Å². The summed E-state index contributed by atoms with van der Waals surface area (Å²) in [6, 6.07) is 23.7. The molecule has 0 aliphatic rings. The first-order chi connectivity index (χ1) is 13.5. The zero-order chi connectivity index (χ0) is 20.0. The van der Waals surface area contributed by atoms with Crippen molar-refractivity contribution < 1.29 is 13.2 Å². The number of anilines is 3. The lowest BCUT2D eigenvalue weighted by Crippen LogP contribution is -2.30. The Kier molecular flexibility index (Phi) is 5.96. The molecule has 0 fully saturated rings. The summed E-state index contributed by atoms with van der Waals surface area (Å²) in [4.78, 5) is 12.2. The van der Waals surface area contributed by atoms with E-state index in [-0.39, 0.29) is 4.90 Å². The maximum atomic E-state index is 13.0. The van der Waals surface area contributed by atoms with Gasteiger partial charge in [0.25, 0.3) is 10.0 Å². The third kappa shape index (κ3) is 4.50. The van der Waals surface area contributed by atoms with Crippen LogP contribution in [0.5, 0.6) is 0 Å². The Hall–Kier alpha value is -3.32. The van der Waals surface area contributed by atoms with E-state index in [1.807, 2.05) is 24.3 Å². The van der Waals surface area contributed by atoms with Gasteiger partial charge in [-0.1, -0.05) is 36.4 Å². The van der Waals surface area contributed by atoms with Crippen LogP contribution in [-0.4, -0.2) is 21.0 Å². The molecule has 0 saturated heterocycles. The Morgan fingerprint density at radius 2 is 1.29 bits per heavy atom. The number of carbonyl (C=O) groups excluding carboxylic acids is 1. The fourth-order valence-electron chi connectivity index (χ4n) is 2.74. The molecule has 2 amide bonds. The Bertz CT molecular complexity index is 1020. The molecule has 0 aliphatic carbocycles. The Labute approximate surface area is 164 Å². The minimum Gasteiger partial charge on any atom is -0.308 e. The van der Waals surface area contributed by atoms with Gasteiger partial charge in [0.15, 0.2) is 0 Å². The highest BCUT2D eigenvalue weighted by Gasteiger charge is 2.23. The molecule has 2 N–H and O–H groups in total. The summed E-state index contributed by atoms with van der Waals surface area (Å²) < 4.78 is 27.3. The largest absolute Gasteiger partial charge is 0.323 e. The van der Waals surface area contributed by atoms with Gasteiger partial charge < -0.3 is 10.6 Å². The number of nitrogens with zero attached hydrogens (tertiary/aromatic N) is 1. The summed E-state index contributed by atoms with van der Waals surface area (Å²) in [7, 11) is -3.69. The third-order valence-electron chi connectivity index (χ3n) is 4.06. The van der Waals surface area contributed by atoms with Crippen LogP contribution in [0.25, 0.3) is 0 Å². The van der Waals surface area contributed by atoms with Crippen molar-refractivity contribution in [2.45, 2.75) is 11.8 Å². The molecule has 3 aromatic carbocycles. The molecule has 0 unspecified atom stereocenters. The first-order valence-corrected chi connectivity index (χ1v) is 10.3. The molecule has 0 spiro atoms. The summed E-state index contributed by atoms with van der Waals surface area (Å²) in [6.07, 6.45) is 0. The molecule has 3 aromatic rings. The molecule has 7 heteroatoms. The Morgan fingerprint density at radius 3 is 1.82 bits per heavy atom. The second-order valence-electron chi connectivity index (χ2n) is 5.97. The van der Waals surface area contributed by atoms with Crippen LogP contribution in [0.2, 0.25) is 0 Å². The van der Waals surface area contributed by atoms with Gasteiger partial charge in [0.2, 0.25) is 0 Å². The number of para-hydroxylation sites is 2. The third-order valence-corrected chi connectivity index (χ3v) is 5.98. The van der Waals surface area contributed by atoms with Gasteiger partial charge in [-0.2, -0.15) is 0 Å². The predicted octanol–water partition coefficient (Wildman–Crippen LogP) is 4.55. The number of urea groups is 1. The van der Waals surface area contributed by atoms with Crippen molar-refractivity contribution in [2.24, 2.45) is 0 Å². The monoisotopic (exact) mass is 395 g/mol. The van der Waals surface area contributed by atoms with E-state index < -0.39 is 16.1 Å². The molecule has 3 rings (SSSR count). The second-order valence-corrected chi connectivity index (χ2v) is 7.84. The molecule has 0 aliphatic heterocycles. The number of hydrogen-bond acceptors (Lipinski definition) is 3. The molecule has 0 bridgehead atoms. The number of hydrogen-bond donors (Lipinski definition) is 2. The van der Waals surface area contributed by atoms with Crippen LogP contribution in [0.3, 0.4) is 0 Å². The van der Waals surface area contributed by atoms with E-state index in [4.69, 9.17) is 0 Å². The molecule has 0 saturated carbocycles. The van der Waals surface area contributed by atoms with E-state index >= 15 is 0 Å². The fraction of sp³-hybridized carbons (Fsp3) is 0.0952. The average Bonchev–Trinajstić information content (AvgIpc) is 2.70. The molecule has 0 atom stereocenters. The zero-order valence-corrected chi connectivity index (χ0v) is 16.2. The van der Waals surface area contributed by atoms with E-state index in [0.29, 0.717) is 23.6 Å². The van der Waals surface area contributed by atoms with Crippen molar-refractivity contribution >= 4 is 33.1 Å². The van der Waals surface area contributed by atoms with Crippen molar-refractivity contribution in [2.75, 3.05) is 21.5 Å². The van der Waals surface area contributed by atoms with Gasteiger partial charge in [0.05, 0.1) is 10.6 Å².